The molecule has 0 saturated carbocycles. The lowest BCUT2D eigenvalue weighted by Gasteiger charge is -2.22. The summed E-state index contributed by atoms with van der Waals surface area (Å²) in [7, 11) is -2.65. The van der Waals surface area contributed by atoms with Gasteiger partial charge in [0.15, 0.2) is 0 Å². The second-order valence-electron chi connectivity index (χ2n) is 4.09. The first-order chi connectivity index (χ1) is 9.28. The van der Waals surface area contributed by atoms with Gasteiger partial charge in [-0.05, 0) is 16.4 Å². The van der Waals surface area contributed by atoms with Crippen molar-refractivity contribution in [2.24, 2.45) is 0 Å². The summed E-state index contributed by atoms with van der Waals surface area (Å²) in [4.78, 5) is 0. The Hall–Kier alpha value is -2.66. The number of hydrogen-bond donors (Lipinski definition) is 0. The molecule has 0 amide bonds. The molecule has 0 bridgehead atoms. The Morgan fingerprint density at radius 2 is 1.32 bits per heavy atom. The molecular formula is C18H12Si. The maximum Gasteiger partial charge on any atom is 0.276 e. The third-order valence-corrected chi connectivity index (χ3v) is 6.44. The van der Waals surface area contributed by atoms with E-state index < -0.39 is 8.07 Å². The van der Waals surface area contributed by atoms with E-state index >= 15 is 0 Å². The van der Waals surface area contributed by atoms with Crippen LogP contribution in [0.4, 0.5) is 0 Å². The topological polar surface area (TPSA) is 0 Å². The molecular weight excluding hydrogens is 244 g/mol. The third-order valence-electron chi connectivity index (χ3n) is 3.13. The summed E-state index contributed by atoms with van der Waals surface area (Å²) in [5.74, 6) is 2.68. The van der Waals surface area contributed by atoms with E-state index in [4.69, 9.17) is 19.3 Å². The van der Waals surface area contributed by atoms with Crippen LogP contribution in [0.1, 0.15) is 5.56 Å². The third kappa shape index (κ3) is 2.07. The van der Waals surface area contributed by atoms with E-state index in [9.17, 15) is 0 Å². The van der Waals surface area contributed by atoms with Crippen LogP contribution in [0.25, 0.3) is 0 Å². The molecule has 0 radical (unpaired) electrons. The smallest absolute Gasteiger partial charge is 0.125 e. The zero-order valence-electron chi connectivity index (χ0n) is 10.4. The second-order valence-corrected chi connectivity index (χ2v) is 7.29. The molecule has 0 saturated heterocycles. The first-order valence-corrected chi connectivity index (χ1v) is 7.85. The van der Waals surface area contributed by atoms with Gasteiger partial charge in [0.1, 0.15) is 0 Å². The van der Waals surface area contributed by atoms with Gasteiger partial charge in [0, 0.05) is 5.56 Å². The van der Waals surface area contributed by atoms with Gasteiger partial charge < -0.3 is 0 Å². The molecule has 0 nitrogen and oxygen atoms in total. The largest absolute Gasteiger partial charge is 0.276 e. The average Bonchev–Trinajstić information content (AvgIpc) is 2.51. The molecule has 0 aromatic heterocycles. The fourth-order valence-corrected chi connectivity index (χ4v) is 4.78. The van der Waals surface area contributed by atoms with Gasteiger partial charge in [-0.15, -0.1) is 30.4 Å². The predicted molar refractivity (Wildman–Crippen MR) is 83.5 cm³/mol. The van der Waals surface area contributed by atoms with Crippen LogP contribution >= 0.6 is 0 Å². The van der Waals surface area contributed by atoms with Gasteiger partial charge in [0.2, 0.25) is 0 Å². The molecule has 1 heteroatoms. The van der Waals surface area contributed by atoms with Gasteiger partial charge in [-0.1, -0.05) is 54.5 Å². The molecule has 2 aromatic carbocycles. The number of terminal acetylenes is 3. The summed E-state index contributed by atoms with van der Waals surface area (Å²) in [6.07, 6.45) is 17.2. The van der Waals surface area contributed by atoms with Crippen molar-refractivity contribution < 1.29 is 0 Å². The van der Waals surface area contributed by atoms with Gasteiger partial charge in [0.05, 0.1) is 0 Å². The summed E-state index contributed by atoms with van der Waals surface area (Å²) >= 11 is 0. The van der Waals surface area contributed by atoms with E-state index in [1.165, 1.54) is 0 Å². The van der Waals surface area contributed by atoms with Crippen molar-refractivity contribution in [1.29, 1.82) is 0 Å². The van der Waals surface area contributed by atoms with E-state index in [-0.39, 0.29) is 0 Å². The van der Waals surface area contributed by atoms with Crippen molar-refractivity contribution in [2.75, 3.05) is 0 Å². The monoisotopic (exact) mass is 256 g/mol. The minimum Gasteiger partial charge on any atom is -0.125 e. The summed E-state index contributed by atoms with van der Waals surface area (Å²) in [5, 5.41) is 1.96. The highest BCUT2D eigenvalue weighted by Gasteiger charge is 2.35. The lowest BCUT2D eigenvalue weighted by Crippen LogP contribution is -2.57. The van der Waals surface area contributed by atoms with Crippen LogP contribution in [0, 0.1) is 36.3 Å². The molecule has 0 fully saturated rings. The molecule has 0 aliphatic carbocycles. The van der Waals surface area contributed by atoms with Crippen molar-refractivity contribution in [3.05, 3.63) is 60.2 Å². The van der Waals surface area contributed by atoms with Gasteiger partial charge >= 0.3 is 0 Å². The Kier molecular flexibility index (Phi) is 3.58. The summed E-state index contributed by atoms with van der Waals surface area (Å²) in [6.45, 7) is 0. The zero-order valence-corrected chi connectivity index (χ0v) is 11.4. The molecule has 0 atom stereocenters. The van der Waals surface area contributed by atoms with E-state index in [0.29, 0.717) is 0 Å². The highest BCUT2D eigenvalue weighted by atomic mass is 28.3. The normalized spacial score (nSPS) is 9.95. The molecule has 0 aliphatic rings. The van der Waals surface area contributed by atoms with Crippen LogP contribution in [0.2, 0.25) is 0 Å². The van der Waals surface area contributed by atoms with E-state index in [0.717, 1.165) is 15.9 Å². The standard InChI is InChI=1S/C18H12Si/c1-4-16-12-10-11-15-18(16)19(5-2,6-3)17-13-8-7-9-14-17/h1-3,7-15H. The van der Waals surface area contributed by atoms with Crippen molar-refractivity contribution >= 4 is 18.4 Å². The molecule has 2 rings (SSSR count). The van der Waals surface area contributed by atoms with Crippen LogP contribution in [-0.4, -0.2) is 8.07 Å². The fraction of sp³-hybridized carbons (Fsp3) is 0. The van der Waals surface area contributed by atoms with Crippen molar-refractivity contribution in [3.63, 3.8) is 0 Å². The molecule has 0 aliphatic heterocycles. The minimum atomic E-state index is -2.65. The molecule has 19 heavy (non-hydrogen) atoms. The SMILES string of the molecule is C#Cc1ccccc1[Si](C#C)(C#C)c1ccccc1. The molecule has 2 aromatic rings. The first kappa shape index (κ1) is 12.8. The van der Waals surface area contributed by atoms with Crippen LogP contribution in [0.5, 0.6) is 0 Å². The van der Waals surface area contributed by atoms with Gasteiger partial charge in [0.25, 0.3) is 8.07 Å². The summed E-state index contributed by atoms with van der Waals surface area (Å²) < 4.78 is 0. The zero-order chi connectivity index (χ0) is 13.7. The molecule has 88 valence electrons. The lowest BCUT2D eigenvalue weighted by molar-refractivity contribution is 1.68. The van der Waals surface area contributed by atoms with E-state index in [1.807, 2.05) is 54.6 Å². The van der Waals surface area contributed by atoms with Crippen LogP contribution in [-0.2, 0) is 0 Å². The molecule has 0 spiro atoms. The highest BCUT2D eigenvalue weighted by Crippen LogP contribution is 2.07. The Balaban J connectivity index is 2.77. The molecule has 0 unspecified atom stereocenters. The van der Waals surface area contributed by atoms with Gasteiger partial charge in [-0.3, -0.25) is 0 Å². The number of hydrogen-bond acceptors (Lipinski definition) is 0. The summed E-state index contributed by atoms with van der Waals surface area (Å²) in [5.41, 5.74) is 6.55. The first-order valence-electron chi connectivity index (χ1n) is 5.85. The van der Waals surface area contributed by atoms with E-state index in [2.05, 4.69) is 17.0 Å². The van der Waals surface area contributed by atoms with Crippen LogP contribution in [0.3, 0.4) is 0 Å². The van der Waals surface area contributed by atoms with E-state index in [1.54, 1.807) is 0 Å². The average molecular weight is 256 g/mol. The maximum absolute atomic E-state index is 5.81. The lowest BCUT2D eigenvalue weighted by atomic mass is 10.2. The quantitative estimate of drug-likeness (QED) is 0.565. The Labute approximate surface area is 115 Å². The Morgan fingerprint density at radius 1 is 0.737 bits per heavy atom. The van der Waals surface area contributed by atoms with Crippen LogP contribution in [0.15, 0.2) is 54.6 Å². The maximum atomic E-state index is 5.81. The van der Waals surface area contributed by atoms with Crippen LogP contribution < -0.4 is 10.4 Å². The van der Waals surface area contributed by atoms with Crippen molar-refractivity contribution in [3.8, 4) is 36.3 Å². The number of benzene rings is 2. The predicted octanol–water partition coefficient (Wildman–Crippen LogP) is 1.58. The Morgan fingerprint density at radius 3 is 1.89 bits per heavy atom. The molecule has 0 heterocycles. The van der Waals surface area contributed by atoms with Gasteiger partial charge in [-0.2, -0.15) is 0 Å². The van der Waals surface area contributed by atoms with Crippen molar-refractivity contribution in [1.82, 2.24) is 0 Å². The minimum absolute atomic E-state index is 0.786. The van der Waals surface area contributed by atoms with Gasteiger partial charge in [-0.25, -0.2) is 0 Å². The highest BCUT2D eigenvalue weighted by molar-refractivity contribution is 7.13. The summed E-state index contributed by atoms with van der Waals surface area (Å²) in [6, 6.07) is 17.5. The Bertz CT molecular complexity index is 692. The second kappa shape index (κ2) is 5.32. The number of rotatable bonds is 2. The van der Waals surface area contributed by atoms with Crippen molar-refractivity contribution in [2.45, 2.75) is 0 Å². The fourth-order valence-electron chi connectivity index (χ4n) is 2.14. The molecule has 0 N–H and O–H groups in total.